The van der Waals surface area contributed by atoms with E-state index in [0.29, 0.717) is 18.0 Å². The Morgan fingerprint density at radius 1 is 1.23 bits per heavy atom. The molecule has 1 aromatic carbocycles. The summed E-state index contributed by atoms with van der Waals surface area (Å²) in [5.74, 6) is 4.62. The van der Waals surface area contributed by atoms with E-state index in [9.17, 15) is 9.59 Å². The average Bonchev–Trinajstić information content (AvgIpc) is 2.98. The Hall–Kier alpha value is -2.78. The second-order valence-electron chi connectivity index (χ2n) is 5.63. The van der Waals surface area contributed by atoms with E-state index in [1.165, 1.54) is 24.6 Å². The van der Waals surface area contributed by atoms with Crippen molar-refractivity contribution < 1.29 is 9.59 Å². The van der Waals surface area contributed by atoms with Gasteiger partial charge < -0.3 is 16.5 Å². The first kappa shape index (κ1) is 19.5. The molecule has 0 unspecified atom stereocenters. The van der Waals surface area contributed by atoms with Crippen molar-refractivity contribution in [1.82, 2.24) is 10.4 Å². The molecule has 2 rings (SSSR count). The molecular formula is C17H22N6O2S. The van der Waals surface area contributed by atoms with Gasteiger partial charge in [-0.2, -0.15) is 0 Å². The monoisotopic (exact) mass is 374 g/mol. The number of primary amides is 1. The molecule has 1 heterocycles. The van der Waals surface area contributed by atoms with Crippen molar-refractivity contribution >= 4 is 40.3 Å². The summed E-state index contributed by atoms with van der Waals surface area (Å²) in [6.45, 7) is 1.44. The molecule has 2 aromatic rings. The van der Waals surface area contributed by atoms with Crippen LogP contribution in [0.1, 0.15) is 29.5 Å². The molecular weight excluding hydrogens is 352 g/mol. The zero-order valence-corrected chi connectivity index (χ0v) is 15.3. The van der Waals surface area contributed by atoms with Crippen LogP contribution in [0.15, 0.2) is 29.3 Å². The van der Waals surface area contributed by atoms with Gasteiger partial charge in [0.1, 0.15) is 6.34 Å². The fraction of sp³-hybridized carbons (Fsp3) is 0.294. The third-order valence-electron chi connectivity index (χ3n) is 3.53. The SMILES string of the molecule is CC(=O)Nc1nc(CCc2ccc(N=CNN)cc2)c(CCC(N)=O)s1. The van der Waals surface area contributed by atoms with E-state index in [1.807, 2.05) is 24.3 Å². The highest BCUT2D eigenvalue weighted by atomic mass is 32.1. The van der Waals surface area contributed by atoms with Gasteiger partial charge in [0.2, 0.25) is 11.8 Å². The van der Waals surface area contributed by atoms with Gasteiger partial charge in [-0.05, 0) is 37.0 Å². The Kier molecular flexibility index (Phi) is 7.24. The second-order valence-corrected chi connectivity index (χ2v) is 6.71. The van der Waals surface area contributed by atoms with Gasteiger partial charge >= 0.3 is 0 Å². The minimum Gasteiger partial charge on any atom is -0.370 e. The van der Waals surface area contributed by atoms with Gasteiger partial charge in [-0.3, -0.25) is 9.59 Å². The van der Waals surface area contributed by atoms with Crippen molar-refractivity contribution in [1.29, 1.82) is 0 Å². The number of nitrogens with zero attached hydrogens (tertiary/aromatic N) is 2. The summed E-state index contributed by atoms with van der Waals surface area (Å²) in [6, 6.07) is 7.79. The highest BCUT2D eigenvalue weighted by molar-refractivity contribution is 7.15. The third-order valence-corrected chi connectivity index (χ3v) is 4.61. The Bertz CT molecular complexity index is 785. The van der Waals surface area contributed by atoms with Crippen molar-refractivity contribution in [3.8, 4) is 0 Å². The van der Waals surface area contributed by atoms with E-state index in [1.54, 1.807) is 0 Å². The molecule has 0 saturated carbocycles. The standard InChI is InChI=1S/C17H22N6O2S/c1-11(24)22-17-23-14(15(26-17)8-9-16(18)25)7-4-12-2-5-13(6-3-12)20-10-21-19/h2-3,5-6,10H,4,7-9,19H2,1H3,(H2,18,25)(H,20,21)(H,22,23,24). The molecule has 0 atom stereocenters. The number of aryl methyl sites for hydroxylation is 3. The smallest absolute Gasteiger partial charge is 0.223 e. The van der Waals surface area contributed by atoms with Crippen LogP contribution in [0.25, 0.3) is 0 Å². The molecule has 26 heavy (non-hydrogen) atoms. The molecule has 0 spiro atoms. The fourth-order valence-corrected chi connectivity index (χ4v) is 3.39. The molecule has 0 fully saturated rings. The Balaban J connectivity index is 2.06. The molecule has 138 valence electrons. The van der Waals surface area contributed by atoms with Crippen LogP contribution in [0, 0.1) is 0 Å². The molecule has 8 nitrogen and oxygen atoms in total. The van der Waals surface area contributed by atoms with Gasteiger partial charge in [-0.15, -0.1) is 11.3 Å². The van der Waals surface area contributed by atoms with E-state index in [0.717, 1.165) is 28.2 Å². The summed E-state index contributed by atoms with van der Waals surface area (Å²) >= 11 is 1.39. The van der Waals surface area contributed by atoms with Crippen molar-refractivity contribution in [3.05, 3.63) is 40.4 Å². The topological polar surface area (TPSA) is 135 Å². The van der Waals surface area contributed by atoms with Gasteiger partial charge in [-0.1, -0.05) is 12.1 Å². The number of hydrazine groups is 1. The number of aromatic nitrogens is 1. The highest BCUT2D eigenvalue weighted by Crippen LogP contribution is 2.26. The first-order chi connectivity index (χ1) is 12.5. The van der Waals surface area contributed by atoms with Crippen LogP contribution in [-0.2, 0) is 28.9 Å². The Morgan fingerprint density at radius 2 is 1.96 bits per heavy atom. The van der Waals surface area contributed by atoms with Crippen molar-refractivity contribution in [2.75, 3.05) is 5.32 Å². The minimum atomic E-state index is -0.353. The number of nitrogens with two attached hydrogens (primary N) is 2. The lowest BCUT2D eigenvalue weighted by Crippen LogP contribution is -2.18. The van der Waals surface area contributed by atoms with Crippen LogP contribution >= 0.6 is 11.3 Å². The van der Waals surface area contributed by atoms with Crippen molar-refractivity contribution in [2.24, 2.45) is 16.6 Å². The first-order valence-corrected chi connectivity index (χ1v) is 8.91. The van der Waals surface area contributed by atoms with Crippen LogP contribution in [-0.4, -0.2) is 23.1 Å². The molecule has 0 radical (unpaired) electrons. The largest absolute Gasteiger partial charge is 0.370 e. The number of hydrogen-bond acceptors (Lipinski definition) is 6. The minimum absolute atomic E-state index is 0.171. The van der Waals surface area contributed by atoms with Gasteiger partial charge in [0.15, 0.2) is 5.13 Å². The number of aliphatic imine (C=N–C) groups is 1. The molecule has 1 aromatic heterocycles. The zero-order chi connectivity index (χ0) is 18.9. The van der Waals surface area contributed by atoms with Crippen LogP contribution < -0.4 is 22.3 Å². The summed E-state index contributed by atoms with van der Waals surface area (Å²) < 4.78 is 0. The number of nitrogens with one attached hydrogen (secondary N) is 2. The Morgan fingerprint density at radius 3 is 2.58 bits per heavy atom. The number of thiazole rings is 1. The van der Waals surface area contributed by atoms with Gasteiger partial charge in [0.25, 0.3) is 0 Å². The quantitative estimate of drug-likeness (QED) is 0.228. The fourth-order valence-electron chi connectivity index (χ4n) is 2.34. The van der Waals surface area contributed by atoms with Crippen molar-refractivity contribution in [3.63, 3.8) is 0 Å². The summed E-state index contributed by atoms with van der Waals surface area (Å²) in [6.07, 6.45) is 3.69. The summed E-state index contributed by atoms with van der Waals surface area (Å²) in [5.41, 5.74) is 10.4. The molecule has 0 aliphatic rings. The number of amides is 2. The lowest BCUT2D eigenvalue weighted by Gasteiger charge is -2.03. The average molecular weight is 374 g/mol. The maximum Gasteiger partial charge on any atom is 0.223 e. The summed E-state index contributed by atoms with van der Waals surface area (Å²) in [4.78, 5) is 31.9. The van der Waals surface area contributed by atoms with E-state index in [2.05, 4.69) is 20.7 Å². The molecule has 9 heteroatoms. The van der Waals surface area contributed by atoms with Gasteiger partial charge in [0.05, 0.1) is 11.4 Å². The maximum absolute atomic E-state index is 11.2. The number of rotatable bonds is 9. The van der Waals surface area contributed by atoms with Crippen LogP contribution in [0.2, 0.25) is 0 Å². The molecule has 6 N–H and O–H groups in total. The zero-order valence-electron chi connectivity index (χ0n) is 14.5. The van der Waals surface area contributed by atoms with Gasteiger partial charge in [-0.25, -0.2) is 15.8 Å². The molecule has 0 aliphatic heterocycles. The van der Waals surface area contributed by atoms with Crippen LogP contribution in [0.4, 0.5) is 10.8 Å². The summed E-state index contributed by atoms with van der Waals surface area (Å²) in [7, 11) is 0. The lowest BCUT2D eigenvalue weighted by atomic mass is 10.1. The van der Waals surface area contributed by atoms with E-state index >= 15 is 0 Å². The number of carbonyl (C=O) groups is 2. The normalized spacial score (nSPS) is 10.8. The predicted molar refractivity (Wildman–Crippen MR) is 103 cm³/mol. The number of benzene rings is 1. The van der Waals surface area contributed by atoms with E-state index in [-0.39, 0.29) is 18.2 Å². The lowest BCUT2D eigenvalue weighted by molar-refractivity contribution is -0.118. The highest BCUT2D eigenvalue weighted by Gasteiger charge is 2.13. The Labute approximate surface area is 155 Å². The van der Waals surface area contributed by atoms with Gasteiger partial charge in [0, 0.05) is 18.2 Å². The predicted octanol–water partition coefficient (Wildman–Crippen LogP) is 1.43. The second kappa shape index (κ2) is 9.64. The van der Waals surface area contributed by atoms with Crippen molar-refractivity contribution in [2.45, 2.75) is 32.6 Å². The summed E-state index contributed by atoms with van der Waals surface area (Å²) in [5, 5.41) is 3.25. The van der Waals surface area contributed by atoms with Crippen LogP contribution in [0.5, 0.6) is 0 Å². The van der Waals surface area contributed by atoms with E-state index < -0.39 is 0 Å². The third kappa shape index (κ3) is 6.26. The molecule has 0 saturated heterocycles. The molecule has 0 aliphatic carbocycles. The molecule has 0 bridgehead atoms. The maximum atomic E-state index is 11.2. The number of anilines is 1. The van der Waals surface area contributed by atoms with Crippen LogP contribution in [0.3, 0.4) is 0 Å². The first-order valence-electron chi connectivity index (χ1n) is 8.10. The van der Waals surface area contributed by atoms with E-state index in [4.69, 9.17) is 11.6 Å². The number of carbonyl (C=O) groups excluding carboxylic acids is 2. The molecule has 2 amide bonds. The number of hydrogen-bond donors (Lipinski definition) is 4.